The Bertz CT molecular complexity index is 602. The lowest BCUT2D eigenvalue weighted by atomic mass is 10.1. The van der Waals surface area contributed by atoms with Crippen LogP contribution in [0.3, 0.4) is 0 Å². The molecule has 0 atom stereocenters. The van der Waals surface area contributed by atoms with Crippen LogP contribution in [-0.2, 0) is 0 Å². The summed E-state index contributed by atoms with van der Waals surface area (Å²) in [4.78, 5) is 4.20. The molecule has 16 heavy (non-hydrogen) atoms. The Balaban J connectivity index is 2.24. The van der Waals surface area contributed by atoms with Crippen LogP contribution in [0.5, 0.6) is 11.5 Å². The summed E-state index contributed by atoms with van der Waals surface area (Å²) in [6.07, 6.45) is 1.55. The van der Waals surface area contributed by atoms with Crippen molar-refractivity contribution in [2.24, 2.45) is 0 Å². The molecule has 0 aliphatic carbocycles. The molecule has 1 aliphatic rings. The maximum atomic E-state index is 8.79. The van der Waals surface area contributed by atoms with E-state index in [4.69, 9.17) is 14.7 Å². The zero-order valence-corrected chi connectivity index (χ0v) is 8.43. The molecule has 0 spiro atoms. The standard InChI is InChI=1S/C12H8N2O2/c13-6-8-3-9-4-11-12(16-2-1-15-11)5-10(9)14-7-8/h3-5,7H,1-2H2. The van der Waals surface area contributed by atoms with Gasteiger partial charge in [-0.15, -0.1) is 0 Å². The van der Waals surface area contributed by atoms with Gasteiger partial charge in [-0.3, -0.25) is 4.98 Å². The molecule has 0 N–H and O–H groups in total. The van der Waals surface area contributed by atoms with Crippen molar-refractivity contribution in [2.45, 2.75) is 0 Å². The summed E-state index contributed by atoms with van der Waals surface area (Å²) in [6, 6.07) is 7.55. The molecule has 4 heteroatoms. The summed E-state index contributed by atoms with van der Waals surface area (Å²) in [6.45, 7) is 1.12. The predicted octanol–water partition coefficient (Wildman–Crippen LogP) is 1.88. The zero-order valence-electron chi connectivity index (χ0n) is 8.43. The number of hydrogen-bond acceptors (Lipinski definition) is 4. The van der Waals surface area contributed by atoms with Crippen LogP contribution < -0.4 is 9.47 Å². The fraction of sp³-hybridized carbons (Fsp3) is 0.167. The van der Waals surface area contributed by atoms with E-state index < -0.39 is 0 Å². The molecule has 1 aliphatic heterocycles. The molecule has 0 bridgehead atoms. The molecule has 0 fully saturated rings. The number of pyridine rings is 1. The molecule has 0 amide bonds. The second-order valence-electron chi connectivity index (χ2n) is 3.52. The minimum absolute atomic E-state index is 0.546. The number of rotatable bonds is 0. The van der Waals surface area contributed by atoms with Gasteiger partial charge in [0.15, 0.2) is 11.5 Å². The number of aromatic nitrogens is 1. The highest BCUT2D eigenvalue weighted by Gasteiger charge is 2.13. The Kier molecular flexibility index (Phi) is 1.90. The number of nitriles is 1. The zero-order chi connectivity index (χ0) is 11.0. The first-order valence-electron chi connectivity index (χ1n) is 4.96. The first-order chi connectivity index (χ1) is 7.86. The fourth-order valence-electron chi connectivity index (χ4n) is 1.73. The van der Waals surface area contributed by atoms with Gasteiger partial charge in [0.05, 0.1) is 11.1 Å². The number of fused-ring (bicyclic) bond motifs is 2. The second kappa shape index (κ2) is 3.38. The summed E-state index contributed by atoms with van der Waals surface area (Å²) < 4.78 is 10.9. The Morgan fingerprint density at radius 3 is 2.62 bits per heavy atom. The molecule has 0 saturated carbocycles. The molecule has 3 rings (SSSR count). The van der Waals surface area contributed by atoms with Crippen LogP contribution in [-0.4, -0.2) is 18.2 Å². The van der Waals surface area contributed by atoms with Gasteiger partial charge in [-0.25, -0.2) is 0 Å². The van der Waals surface area contributed by atoms with Crippen LogP contribution in [0.4, 0.5) is 0 Å². The average Bonchev–Trinajstić information content (AvgIpc) is 2.35. The van der Waals surface area contributed by atoms with Crippen LogP contribution in [0.2, 0.25) is 0 Å². The number of hydrogen-bond donors (Lipinski definition) is 0. The molecule has 0 unspecified atom stereocenters. The van der Waals surface area contributed by atoms with Gasteiger partial charge in [0, 0.05) is 17.6 Å². The normalized spacial score (nSPS) is 13.4. The van der Waals surface area contributed by atoms with Gasteiger partial charge >= 0.3 is 0 Å². The van der Waals surface area contributed by atoms with E-state index in [0.717, 1.165) is 22.4 Å². The maximum Gasteiger partial charge on any atom is 0.163 e. The van der Waals surface area contributed by atoms with Crippen LogP contribution >= 0.6 is 0 Å². The van der Waals surface area contributed by atoms with Gasteiger partial charge in [0.1, 0.15) is 19.3 Å². The van der Waals surface area contributed by atoms with Crippen molar-refractivity contribution in [1.29, 1.82) is 5.26 Å². The highest BCUT2D eigenvalue weighted by atomic mass is 16.6. The van der Waals surface area contributed by atoms with Crippen molar-refractivity contribution in [3.05, 3.63) is 30.0 Å². The number of ether oxygens (including phenoxy) is 2. The van der Waals surface area contributed by atoms with Crippen LogP contribution in [0.25, 0.3) is 10.9 Å². The van der Waals surface area contributed by atoms with E-state index in [2.05, 4.69) is 11.1 Å². The Hall–Kier alpha value is -2.28. The van der Waals surface area contributed by atoms with E-state index in [-0.39, 0.29) is 0 Å². The van der Waals surface area contributed by atoms with Crippen molar-refractivity contribution in [3.8, 4) is 17.6 Å². The molecular weight excluding hydrogens is 204 g/mol. The summed E-state index contributed by atoms with van der Waals surface area (Å²) in [7, 11) is 0. The van der Waals surface area contributed by atoms with Crippen LogP contribution in [0.15, 0.2) is 24.4 Å². The average molecular weight is 212 g/mol. The van der Waals surface area contributed by atoms with E-state index in [1.807, 2.05) is 12.1 Å². The van der Waals surface area contributed by atoms with E-state index in [1.54, 1.807) is 12.3 Å². The number of benzene rings is 1. The van der Waals surface area contributed by atoms with Crippen LogP contribution in [0.1, 0.15) is 5.56 Å². The summed E-state index contributed by atoms with van der Waals surface area (Å²) in [5, 5.41) is 9.68. The van der Waals surface area contributed by atoms with Crippen molar-refractivity contribution >= 4 is 10.9 Å². The van der Waals surface area contributed by atoms with Crippen molar-refractivity contribution < 1.29 is 9.47 Å². The van der Waals surface area contributed by atoms with E-state index >= 15 is 0 Å². The Morgan fingerprint density at radius 2 is 1.88 bits per heavy atom. The topological polar surface area (TPSA) is 55.1 Å². The smallest absolute Gasteiger partial charge is 0.163 e. The second-order valence-corrected chi connectivity index (χ2v) is 3.52. The van der Waals surface area contributed by atoms with E-state index in [1.165, 1.54) is 0 Å². The first kappa shape index (κ1) is 8.98. The lowest BCUT2D eigenvalue weighted by Gasteiger charge is -2.18. The van der Waals surface area contributed by atoms with Gasteiger partial charge in [-0.05, 0) is 12.1 Å². The molecular formula is C12H8N2O2. The molecule has 1 aromatic heterocycles. The highest BCUT2D eigenvalue weighted by Crippen LogP contribution is 2.33. The van der Waals surface area contributed by atoms with E-state index in [0.29, 0.717) is 18.8 Å². The minimum Gasteiger partial charge on any atom is -0.486 e. The highest BCUT2D eigenvalue weighted by molar-refractivity contribution is 5.83. The number of nitrogens with zero attached hydrogens (tertiary/aromatic N) is 2. The van der Waals surface area contributed by atoms with Crippen molar-refractivity contribution in [2.75, 3.05) is 13.2 Å². The van der Waals surface area contributed by atoms with Crippen molar-refractivity contribution in [1.82, 2.24) is 4.98 Å². The van der Waals surface area contributed by atoms with Crippen LogP contribution in [0, 0.1) is 11.3 Å². The molecule has 2 heterocycles. The maximum absolute atomic E-state index is 8.79. The van der Waals surface area contributed by atoms with Gasteiger partial charge < -0.3 is 9.47 Å². The molecule has 0 saturated heterocycles. The largest absolute Gasteiger partial charge is 0.486 e. The third kappa shape index (κ3) is 1.34. The quantitative estimate of drug-likeness (QED) is 0.669. The first-order valence-corrected chi connectivity index (χ1v) is 4.96. The predicted molar refractivity (Wildman–Crippen MR) is 57.4 cm³/mol. The Labute approximate surface area is 92.0 Å². The summed E-state index contributed by atoms with van der Waals surface area (Å²) in [5.41, 5.74) is 1.35. The van der Waals surface area contributed by atoms with Gasteiger partial charge in [-0.1, -0.05) is 0 Å². The molecule has 4 nitrogen and oxygen atoms in total. The Morgan fingerprint density at radius 1 is 1.12 bits per heavy atom. The molecule has 2 aromatic rings. The third-order valence-corrected chi connectivity index (χ3v) is 2.47. The third-order valence-electron chi connectivity index (χ3n) is 2.47. The summed E-state index contributed by atoms with van der Waals surface area (Å²) >= 11 is 0. The molecule has 1 aromatic carbocycles. The van der Waals surface area contributed by atoms with Gasteiger partial charge in [0.2, 0.25) is 0 Å². The van der Waals surface area contributed by atoms with Crippen molar-refractivity contribution in [3.63, 3.8) is 0 Å². The van der Waals surface area contributed by atoms with E-state index in [9.17, 15) is 0 Å². The fourth-order valence-corrected chi connectivity index (χ4v) is 1.73. The monoisotopic (exact) mass is 212 g/mol. The SMILES string of the molecule is N#Cc1cnc2cc3c(cc2c1)OCCO3. The lowest BCUT2D eigenvalue weighted by molar-refractivity contribution is 0.172. The minimum atomic E-state index is 0.546. The lowest BCUT2D eigenvalue weighted by Crippen LogP contribution is -2.15. The van der Waals surface area contributed by atoms with Gasteiger partial charge in [-0.2, -0.15) is 5.26 Å². The van der Waals surface area contributed by atoms with Gasteiger partial charge in [0.25, 0.3) is 0 Å². The summed E-state index contributed by atoms with van der Waals surface area (Å²) in [5.74, 6) is 1.44. The molecule has 78 valence electrons. The molecule has 0 radical (unpaired) electrons.